The van der Waals surface area contributed by atoms with E-state index in [4.69, 9.17) is 9.26 Å². The number of hydrogen-bond donors (Lipinski definition) is 1. The van der Waals surface area contributed by atoms with Crippen molar-refractivity contribution in [1.82, 2.24) is 5.16 Å². The van der Waals surface area contributed by atoms with Gasteiger partial charge in [-0.25, -0.2) is 0 Å². The number of carboxylic acids is 1. The Morgan fingerprint density at radius 1 is 1.00 bits per heavy atom. The highest BCUT2D eigenvalue weighted by atomic mass is 19.4. The van der Waals surface area contributed by atoms with E-state index in [0.29, 0.717) is 11.4 Å². The number of carboxylic acid groups (broad SMARTS) is 1. The van der Waals surface area contributed by atoms with Gasteiger partial charge in [0.05, 0.1) is 12.1 Å². The third-order valence-electron chi connectivity index (χ3n) is 5.65. The van der Waals surface area contributed by atoms with Crippen LogP contribution >= 0.6 is 0 Å². The number of halogens is 3. The smallest absolute Gasteiger partial charge is 0.485 e. The minimum absolute atomic E-state index is 0.129. The fourth-order valence-electron chi connectivity index (χ4n) is 4.08. The predicted octanol–water partition coefficient (Wildman–Crippen LogP) is 6.27. The van der Waals surface area contributed by atoms with Gasteiger partial charge in [-0.05, 0) is 48.2 Å². The number of hydrogen-bond acceptors (Lipinski definition) is 5. The van der Waals surface area contributed by atoms with Crippen molar-refractivity contribution in [3.8, 4) is 11.5 Å². The molecule has 0 amide bonds. The van der Waals surface area contributed by atoms with Crippen LogP contribution < -0.4 is 9.47 Å². The quantitative estimate of drug-likeness (QED) is 0.369. The second-order valence-electron chi connectivity index (χ2n) is 8.00. The molecule has 34 heavy (non-hydrogen) atoms. The van der Waals surface area contributed by atoms with Crippen molar-refractivity contribution < 1.29 is 37.1 Å². The first kappa shape index (κ1) is 23.4. The summed E-state index contributed by atoms with van der Waals surface area (Å²) in [6.45, 7) is 0. The average molecular weight is 473 g/mol. The lowest BCUT2D eigenvalue weighted by atomic mass is 9.92. The monoisotopic (exact) mass is 473 g/mol. The van der Waals surface area contributed by atoms with Crippen LogP contribution in [0.2, 0.25) is 0 Å². The number of nitrogens with zero attached hydrogens (tertiary/aromatic N) is 1. The highest BCUT2D eigenvalue weighted by molar-refractivity contribution is 5.68. The molecule has 1 unspecified atom stereocenters. The topological polar surface area (TPSA) is 81.8 Å². The summed E-state index contributed by atoms with van der Waals surface area (Å²) in [6.07, 6.45) is 1.80. The summed E-state index contributed by atoms with van der Waals surface area (Å²) in [6, 6.07) is 14.4. The summed E-state index contributed by atoms with van der Waals surface area (Å²) < 4.78 is 52.6. The van der Waals surface area contributed by atoms with Gasteiger partial charge in [-0.2, -0.15) is 0 Å². The molecule has 0 spiro atoms. The largest absolute Gasteiger partial charge is 0.573 e. The molecule has 4 rings (SSSR count). The van der Waals surface area contributed by atoms with Crippen LogP contribution in [0.5, 0.6) is 11.5 Å². The molecule has 0 radical (unpaired) electrons. The molecule has 0 saturated heterocycles. The SMILES string of the molecule is O=C(O)CC(c1ccc(O[C@H](c2ccc(OC(F)(F)F)cc2)C2CC=CC2)cc1)c1ccon1. The third kappa shape index (κ3) is 5.98. The highest BCUT2D eigenvalue weighted by Crippen LogP contribution is 2.37. The van der Waals surface area contributed by atoms with Crippen LogP contribution in [0, 0.1) is 5.92 Å². The molecule has 3 aromatic rings. The van der Waals surface area contributed by atoms with Crippen molar-refractivity contribution in [2.24, 2.45) is 5.92 Å². The maximum atomic E-state index is 12.5. The van der Waals surface area contributed by atoms with Crippen LogP contribution in [0.25, 0.3) is 0 Å². The Labute approximate surface area is 193 Å². The third-order valence-corrected chi connectivity index (χ3v) is 5.65. The van der Waals surface area contributed by atoms with E-state index >= 15 is 0 Å². The standard InChI is InChI=1S/C25H22F3NO5/c26-25(27,28)34-20-11-7-18(8-12-20)24(17-3-1-2-4-17)33-19-9-5-16(6-10-19)21(15-23(30)31)22-13-14-32-29-22/h1-2,5-14,17,21,24H,3-4,15H2,(H,30,31)/t21?,24-/m0/s1. The van der Waals surface area contributed by atoms with E-state index in [0.717, 1.165) is 24.0 Å². The van der Waals surface area contributed by atoms with Gasteiger partial charge >= 0.3 is 12.3 Å². The van der Waals surface area contributed by atoms with Gasteiger partial charge in [0, 0.05) is 17.9 Å². The average Bonchev–Trinajstić information content (AvgIpc) is 3.50. The van der Waals surface area contributed by atoms with Crippen LogP contribution in [0.1, 0.15) is 48.1 Å². The van der Waals surface area contributed by atoms with Crippen molar-refractivity contribution >= 4 is 5.97 Å². The number of allylic oxidation sites excluding steroid dienone is 2. The van der Waals surface area contributed by atoms with E-state index in [1.165, 1.54) is 18.4 Å². The second-order valence-corrected chi connectivity index (χ2v) is 8.00. The molecular weight excluding hydrogens is 451 g/mol. The van der Waals surface area contributed by atoms with Crippen molar-refractivity contribution in [1.29, 1.82) is 0 Å². The molecule has 0 bridgehead atoms. The van der Waals surface area contributed by atoms with E-state index in [-0.39, 0.29) is 24.2 Å². The predicted molar refractivity (Wildman–Crippen MR) is 115 cm³/mol. The molecule has 2 aromatic carbocycles. The molecule has 1 aliphatic rings. The number of ether oxygens (including phenoxy) is 2. The van der Waals surface area contributed by atoms with Crippen LogP contribution in [0.15, 0.2) is 77.5 Å². The molecule has 1 N–H and O–H groups in total. The lowest BCUT2D eigenvalue weighted by Gasteiger charge is -2.26. The Hall–Kier alpha value is -3.75. The van der Waals surface area contributed by atoms with Gasteiger partial charge in [-0.15, -0.1) is 13.2 Å². The van der Waals surface area contributed by atoms with Crippen molar-refractivity contribution in [2.45, 2.75) is 37.6 Å². The molecule has 0 fully saturated rings. The van der Waals surface area contributed by atoms with Crippen LogP contribution in [-0.4, -0.2) is 22.6 Å². The Bertz CT molecular complexity index is 1100. The zero-order chi connectivity index (χ0) is 24.1. The van der Waals surface area contributed by atoms with E-state index in [2.05, 4.69) is 22.0 Å². The zero-order valence-corrected chi connectivity index (χ0v) is 17.9. The summed E-state index contributed by atoms with van der Waals surface area (Å²) in [5.41, 5.74) is 2.00. The molecule has 178 valence electrons. The molecule has 1 aliphatic carbocycles. The number of aliphatic carboxylic acids is 1. The van der Waals surface area contributed by atoms with Crippen LogP contribution in [0.4, 0.5) is 13.2 Å². The molecular formula is C25H22F3NO5. The molecule has 6 nitrogen and oxygen atoms in total. The fraction of sp³-hybridized carbons (Fsp3) is 0.280. The fourth-order valence-corrected chi connectivity index (χ4v) is 4.08. The Kier molecular flexibility index (Phi) is 6.90. The normalized spacial score (nSPS) is 15.7. The first-order valence-electron chi connectivity index (χ1n) is 10.7. The first-order chi connectivity index (χ1) is 16.3. The number of alkyl halides is 3. The first-order valence-corrected chi connectivity index (χ1v) is 10.7. The van der Waals surface area contributed by atoms with E-state index in [9.17, 15) is 23.1 Å². The lowest BCUT2D eigenvalue weighted by Crippen LogP contribution is -2.18. The van der Waals surface area contributed by atoms with Crippen molar-refractivity contribution in [3.63, 3.8) is 0 Å². The molecule has 2 atom stereocenters. The maximum absolute atomic E-state index is 12.5. The molecule has 9 heteroatoms. The van der Waals surface area contributed by atoms with Gasteiger partial charge in [0.2, 0.25) is 0 Å². The summed E-state index contributed by atoms with van der Waals surface area (Å²) >= 11 is 0. The number of carbonyl (C=O) groups is 1. The lowest BCUT2D eigenvalue weighted by molar-refractivity contribution is -0.274. The Morgan fingerprint density at radius 3 is 2.18 bits per heavy atom. The number of aromatic nitrogens is 1. The van der Waals surface area contributed by atoms with Gasteiger partial charge in [0.15, 0.2) is 0 Å². The van der Waals surface area contributed by atoms with Gasteiger partial charge in [-0.3, -0.25) is 4.79 Å². The second kappa shape index (κ2) is 10.0. The highest BCUT2D eigenvalue weighted by Gasteiger charge is 2.31. The molecule has 1 heterocycles. The molecule has 0 aliphatic heterocycles. The van der Waals surface area contributed by atoms with Crippen molar-refractivity contribution in [3.05, 3.63) is 89.8 Å². The maximum Gasteiger partial charge on any atom is 0.573 e. The Balaban J connectivity index is 1.53. The van der Waals surface area contributed by atoms with Crippen molar-refractivity contribution in [2.75, 3.05) is 0 Å². The number of rotatable bonds is 9. The van der Waals surface area contributed by atoms with E-state index < -0.39 is 18.2 Å². The summed E-state index contributed by atoms with van der Waals surface area (Å²) in [7, 11) is 0. The molecule has 1 aromatic heterocycles. The summed E-state index contributed by atoms with van der Waals surface area (Å²) in [4.78, 5) is 11.3. The van der Waals surface area contributed by atoms with Gasteiger partial charge in [0.1, 0.15) is 23.9 Å². The minimum atomic E-state index is -4.75. The zero-order valence-electron chi connectivity index (χ0n) is 17.9. The Morgan fingerprint density at radius 2 is 1.62 bits per heavy atom. The van der Waals surface area contributed by atoms with E-state index in [1.54, 1.807) is 42.5 Å². The molecule has 0 saturated carbocycles. The van der Waals surface area contributed by atoms with Gasteiger partial charge in [0.25, 0.3) is 0 Å². The van der Waals surface area contributed by atoms with Gasteiger partial charge in [-0.1, -0.05) is 41.6 Å². The summed E-state index contributed by atoms with van der Waals surface area (Å²) in [5.74, 6) is -1.03. The van der Waals surface area contributed by atoms with E-state index in [1.807, 2.05) is 0 Å². The van der Waals surface area contributed by atoms with Crippen LogP contribution in [-0.2, 0) is 4.79 Å². The van der Waals surface area contributed by atoms with Crippen LogP contribution in [0.3, 0.4) is 0 Å². The minimum Gasteiger partial charge on any atom is -0.485 e. The summed E-state index contributed by atoms with van der Waals surface area (Å²) in [5, 5.41) is 13.2. The van der Waals surface area contributed by atoms with Gasteiger partial charge < -0.3 is 19.1 Å². The number of benzene rings is 2.